The Morgan fingerprint density at radius 2 is 2.29 bits per heavy atom. The van der Waals surface area contributed by atoms with Crippen molar-refractivity contribution in [3.05, 3.63) is 12.2 Å². The Bertz CT molecular complexity index is 309. The van der Waals surface area contributed by atoms with Crippen molar-refractivity contribution in [1.29, 1.82) is 0 Å². The molecule has 2 rings (SSSR count). The fraction of sp³-hybridized carbons (Fsp3) is 0.846. The van der Waals surface area contributed by atoms with Gasteiger partial charge in [0, 0.05) is 12.5 Å². The van der Waals surface area contributed by atoms with Crippen LogP contribution in [0.4, 0.5) is 0 Å². The SMILES string of the molecule is CC1CCC(C)C(NCCCc2ncn[nH]2)C1. The van der Waals surface area contributed by atoms with Gasteiger partial charge in [-0.1, -0.05) is 20.3 Å². The van der Waals surface area contributed by atoms with Crippen LogP contribution < -0.4 is 5.32 Å². The highest BCUT2D eigenvalue weighted by Crippen LogP contribution is 2.28. The molecule has 2 N–H and O–H groups in total. The Kier molecular flexibility index (Phi) is 4.54. The summed E-state index contributed by atoms with van der Waals surface area (Å²) in [6.45, 7) is 5.83. The zero-order chi connectivity index (χ0) is 12.1. The van der Waals surface area contributed by atoms with Gasteiger partial charge >= 0.3 is 0 Å². The first-order valence-corrected chi connectivity index (χ1v) is 6.83. The van der Waals surface area contributed by atoms with Crippen LogP contribution >= 0.6 is 0 Å². The molecule has 0 radical (unpaired) electrons. The van der Waals surface area contributed by atoms with Crippen LogP contribution in [0.15, 0.2) is 6.33 Å². The Hall–Kier alpha value is -0.900. The van der Waals surface area contributed by atoms with E-state index in [1.807, 2.05) is 0 Å². The number of aromatic amines is 1. The van der Waals surface area contributed by atoms with Gasteiger partial charge in [-0.3, -0.25) is 5.10 Å². The summed E-state index contributed by atoms with van der Waals surface area (Å²) in [6.07, 6.45) is 7.81. The third kappa shape index (κ3) is 3.80. The zero-order valence-electron chi connectivity index (χ0n) is 10.9. The highest BCUT2D eigenvalue weighted by atomic mass is 15.2. The van der Waals surface area contributed by atoms with Gasteiger partial charge in [-0.15, -0.1) is 0 Å². The Labute approximate surface area is 104 Å². The van der Waals surface area contributed by atoms with Crippen LogP contribution in [0.25, 0.3) is 0 Å². The molecule has 0 bridgehead atoms. The maximum atomic E-state index is 4.13. The number of hydrogen-bond acceptors (Lipinski definition) is 3. The van der Waals surface area contributed by atoms with Gasteiger partial charge in [0.25, 0.3) is 0 Å². The van der Waals surface area contributed by atoms with E-state index in [1.54, 1.807) is 6.33 Å². The van der Waals surface area contributed by atoms with E-state index >= 15 is 0 Å². The van der Waals surface area contributed by atoms with Gasteiger partial charge in [0.15, 0.2) is 0 Å². The van der Waals surface area contributed by atoms with Crippen LogP contribution in [0.1, 0.15) is 45.4 Å². The summed E-state index contributed by atoms with van der Waals surface area (Å²) in [5.74, 6) is 2.71. The van der Waals surface area contributed by atoms with Crippen LogP contribution in [0.5, 0.6) is 0 Å². The Balaban J connectivity index is 1.64. The molecule has 4 nitrogen and oxygen atoms in total. The van der Waals surface area contributed by atoms with Crippen molar-refractivity contribution in [1.82, 2.24) is 20.5 Å². The number of H-pyrrole nitrogens is 1. The van der Waals surface area contributed by atoms with Gasteiger partial charge in [0.05, 0.1) is 0 Å². The first kappa shape index (κ1) is 12.6. The van der Waals surface area contributed by atoms with E-state index in [1.165, 1.54) is 19.3 Å². The second kappa shape index (κ2) is 6.15. The van der Waals surface area contributed by atoms with E-state index in [-0.39, 0.29) is 0 Å². The van der Waals surface area contributed by atoms with Crippen LogP contribution in [0.3, 0.4) is 0 Å². The minimum atomic E-state index is 0.716. The third-order valence-corrected chi connectivity index (χ3v) is 3.92. The number of rotatable bonds is 5. The normalized spacial score (nSPS) is 29.4. The fourth-order valence-electron chi connectivity index (χ4n) is 2.71. The number of hydrogen-bond donors (Lipinski definition) is 2. The van der Waals surface area contributed by atoms with E-state index in [0.717, 1.165) is 37.0 Å². The minimum Gasteiger partial charge on any atom is -0.314 e. The first-order chi connectivity index (χ1) is 8.25. The zero-order valence-corrected chi connectivity index (χ0v) is 10.9. The van der Waals surface area contributed by atoms with Gasteiger partial charge in [-0.25, -0.2) is 4.98 Å². The summed E-state index contributed by atoms with van der Waals surface area (Å²) in [7, 11) is 0. The summed E-state index contributed by atoms with van der Waals surface area (Å²) in [5, 5.41) is 10.5. The monoisotopic (exact) mass is 236 g/mol. The van der Waals surface area contributed by atoms with Gasteiger partial charge in [-0.05, 0) is 37.6 Å². The van der Waals surface area contributed by atoms with Crippen LogP contribution in [0, 0.1) is 11.8 Å². The van der Waals surface area contributed by atoms with E-state index < -0.39 is 0 Å². The molecule has 1 aromatic heterocycles. The molecule has 3 atom stereocenters. The number of aryl methyl sites for hydroxylation is 1. The minimum absolute atomic E-state index is 0.716. The molecule has 0 aromatic carbocycles. The molecule has 4 heteroatoms. The molecule has 1 saturated carbocycles. The number of aromatic nitrogens is 3. The average molecular weight is 236 g/mol. The van der Waals surface area contributed by atoms with E-state index in [4.69, 9.17) is 0 Å². The molecule has 3 unspecified atom stereocenters. The lowest BCUT2D eigenvalue weighted by Crippen LogP contribution is -2.40. The number of nitrogens with zero attached hydrogens (tertiary/aromatic N) is 2. The summed E-state index contributed by atoms with van der Waals surface area (Å²) >= 11 is 0. The van der Waals surface area contributed by atoms with Crippen molar-refractivity contribution in [2.24, 2.45) is 11.8 Å². The van der Waals surface area contributed by atoms with Crippen molar-refractivity contribution >= 4 is 0 Å². The molecule has 0 aliphatic heterocycles. The van der Waals surface area contributed by atoms with Crippen molar-refractivity contribution < 1.29 is 0 Å². The largest absolute Gasteiger partial charge is 0.314 e. The lowest BCUT2D eigenvalue weighted by Gasteiger charge is -2.33. The van der Waals surface area contributed by atoms with Crippen LogP contribution in [-0.2, 0) is 6.42 Å². The highest BCUT2D eigenvalue weighted by Gasteiger charge is 2.24. The van der Waals surface area contributed by atoms with Gasteiger partial charge in [0.1, 0.15) is 12.2 Å². The summed E-state index contributed by atoms with van der Waals surface area (Å²) in [6, 6.07) is 0.716. The smallest absolute Gasteiger partial charge is 0.137 e. The van der Waals surface area contributed by atoms with Gasteiger partial charge in [0.2, 0.25) is 0 Å². The molecular weight excluding hydrogens is 212 g/mol. The van der Waals surface area contributed by atoms with Gasteiger partial charge in [-0.2, -0.15) is 5.10 Å². The molecule has 1 aromatic rings. The summed E-state index contributed by atoms with van der Waals surface area (Å²) in [5.41, 5.74) is 0. The molecule has 1 fully saturated rings. The van der Waals surface area contributed by atoms with Crippen molar-refractivity contribution in [3.8, 4) is 0 Å². The second-order valence-corrected chi connectivity index (χ2v) is 5.49. The molecule has 1 aliphatic carbocycles. The predicted molar refractivity (Wildman–Crippen MR) is 68.7 cm³/mol. The summed E-state index contributed by atoms with van der Waals surface area (Å²) in [4.78, 5) is 4.13. The molecule has 1 heterocycles. The Morgan fingerprint density at radius 1 is 1.41 bits per heavy atom. The van der Waals surface area contributed by atoms with E-state index in [2.05, 4.69) is 34.3 Å². The Morgan fingerprint density at radius 3 is 3.06 bits per heavy atom. The number of nitrogens with one attached hydrogen (secondary N) is 2. The molecule has 17 heavy (non-hydrogen) atoms. The van der Waals surface area contributed by atoms with Crippen molar-refractivity contribution in [3.63, 3.8) is 0 Å². The molecular formula is C13H24N4. The van der Waals surface area contributed by atoms with Crippen molar-refractivity contribution in [2.45, 2.75) is 52.0 Å². The maximum absolute atomic E-state index is 4.13. The van der Waals surface area contributed by atoms with E-state index in [9.17, 15) is 0 Å². The molecule has 0 saturated heterocycles. The molecule has 0 amide bonds. The quantitative estimate of drug-likeness (QED) is 0.770. The topological polar surface area (TPSA) is 53.6 Å². The third-order valence-electron chi connectivity index (χ3n) is 3.92. The predicted octanol–water partition coefficient (Wildman–Crippen LogP) is 2.15. The van der Waals surface area contributed by atoms with Crippen molar-refractivity contribution in [2.75, 3.05) is 6.54 Å². The van der Waals surface area contributed by atoms with Gasteiger partial charge < -0.3 is 5.32 Å². The van der Waals surface area contributed by atoms with Crippen LogP contribution in [0.2, 0.25) is 0 Å². The fourth-order valence-corrected chi connectivity index (χ4v) is 2.71. The molecule has 1 aliphatic rings. The second-order valence-electron chi connectivity index (χ2n) is 5.49. The average Bonchev–Trinajstić information content (AvgIpc) is 2.82. The first-order valence-electron chi connectivity index (χ1n) is 6.83. The maximum Gasteiger partial charge on any atom is 0.137 e. The lowest BCUT2D eigenvalue weighted by molar-refractivity contribution is 0.228. The summed E-state index contributed by atoms with van der Waals surface area (Å²) < 4.78 is 0. The standard InChI is InChI=1S/C13H24N4/c1-10-5-6-11(2)12(8-10)14-7-3-4-13-15-9-16-17-13/h9-12,14H,3-8H2,1-2H3,(H,15,16,17). The molecule has 96 valence electrons. The molecule has 0 spiro atoms. The van der Waals surface area contributed by atoms with E-state index in [0.29, 0.717) is 6.04 Å². The van der Waals surface area contributed by atoms with Crippen LogP contribution in [-0.4, -0.2) is 27.8 Å². The lowest BCUT2D eigenvalue weighted by atomic mass is 9.80. The highest BCUT2D eigenvalue weighted by molar-refractivity contribution is 4.83.